The summed E-state index contributed by atoms with van der Waals surface area (Å²) in [4.78, 5) is 11.6. The molecule has 204 valence electrons. The highest BCUT2D eigenvalue weighted by molar-refractivity contribution is 5.73. The molecule has 0 radical (unpaired) electrons. The van der Waals surface area contributed by atoms with Crippen LogP contribution in [0.1, 0.15) is 20.8 Å². The average Bonchev–Trinajstić information content (AvgIpc) is 2.80. The maximum absolute atomic E-state index is 11.6. The van der Waals surface area contributed by atoms with Crippen molar-refractivity contribution in [1.29, 1.82) is 0 Å². The molecule has 3 rings (SSSR count). The predicted molar refractivity (Wildman–Crippen MR) is 110 cm³/mol. The minimum Gasteiger partial charge on any atom is -0.394 e. The van der Waals surface area contributed by atoms with Crippen molar-refractivity contribution in [2.45, 2.75) is 113 Å². The highest BCUT2D eigenvalue weighted by atomic mass is 16.7. The van der Waals surface area contributed by atoms with Gasteiger partial charge in [0.1, 0.15) is 61.0 Å². The summed E-state index contributed by atoms with van der Waals surface area (Å²) in [5.74, 6) is -0.598. The predicted octanol–water partition coefficient (Wildman–Crippen LogP) is -5.37. The molecule has 0 spiro atoms. The normalized spacial score (nSPS) is 51.1. The SMILES string of the molecule is CC(=O)N[C@H]1[C@@H](O[C@@H]2[C@@H](O)[C@H](C)O[C@@H](O[C@@H]3[C@@H](O)[C@H](C)OC(O)[C@@H]3O)[C@@H]2O)O[C@H](CO)[C@@H](O)[C@@H]1O. The number of hydrogen-bond donors (Lipinski definition) is 9. The van der Waals surface area contributed by atoms with E-state index in [4.69, 9.17) is 23.7 Å². The van der Waals surface area contributed by atoms with Gasteiger partial charge in [-0.3, -0.25) is 4.79 Å². The molecule has 0 aromatic heterocycles. The topological polar surface area (TPSA) is 237 Å². The second-order valence-electron chi connectivity index (χ2n) is 9.04. The van der Waals surface area contributed by atoms with Crippen molar-refractivity contribution < 1.29 is 69.3 Å². The van der Waals surface area contributed by atoms with Gasteiger partial charge in [-0.25, -0.2) is 0 Å². The molecule has 3 fully saturated rings. The van der Waals surface area contributed by atoms with Crippen LogP contribution in [0, 0.1) is 0 Å². The number of carbonyl (C=O) groups is 1. The van der Waals surface area contributed by atoms with Crippen molar-refractivity contribution in [3.8, 4) is 0 Å². The number of rotatable bonds is 6. The lowest BCUT2D eigenvalue weighted by Crippen LogP contribution is -2.68. The first kappa shape index (κ1) is 28.5. The summed E-state index contributed by atoms with van der Waals surface area (Å²) in [6.45, 7) is 3.32. The van der Waals surface area contributed by atoms with E-state index in [1.54, 1.807) is 0 Å². The van der Waals surface area contributed by atoms with Crippen molar-refractivity contribution >= 4 is 5.91 Å². The quantitative estimate of drug-likeness (QED) is 0.161. The van der Waals surface area contributed by atoms with E-state index >= 15 is 0 Å². The third-order valence-corrected chi connectivity index (χ3v) is 6.42. The van der Waals surface area contributed by atoms with Crippen molar-refractivity contribution in [3.63, 3.8) is 0 Å². The number of ether oxygens (including phenoxy) is 5. The van der Waals surface area contributed by atoms with E-state index in [0.29, 0.717) is 0 Å². The minimum absolute atomic E-state index is 0.598. The summed E-state index contributed by atoms with van der Waals surface area (Å²) >= 11 is 0. The number of hydrogen-bond acceptors (Lipinski definition) is 14. The number of nitrogens with one attached hydrogen (secondary N) is 1. The lowest BCUT2D eigenvalue weighted by Gasteiger charge is -2.48. The number of carbonyl (C=O) groups excluding carboxylic acids is 1. The Kier molecular flexibility index (Phi) is 9.42. The molecule has 0 aliphatic carbocycles. The average molecular weight is 513 g/mol. The molecule has 1 unspecified atom stereocenters. The lowest BCUT2D eigenvalue weighted by atomic mass is 9.95. The Bertz CT molecular complexity index is 701. The van der Waals surface area contributed by atoms with Gasteiger partial charge in [0.2, 0.25) is 5.91 Å². The molecule has 3 heterocycles. The smallest absolute Gasteiger partial charge is 0.217 e. The van der Waals surface area contributed by atoms with E-state index in [0.717, 1.165) is 6.92 Å². The van der Waals surface area contributed by atoms with Gasteiger partial charge in [-0.2, -0.15) is 0 Å². The van der Waals surface area contributed by atoms with Crippen LogP contribution in [0.15, 0.2) is 0 Å². The van der Waals surface area contributed by atoms with E-state index in [9.17, 15) is 45.6 Å². The molecule has 35 heavy (non-hydrogen) atoms. The second-order valence-corrected chi connectivity index (χ2v) is 9.04. The molecule has 0 aromatic carbocycles. The molecule has 15 nitrogen and oxygen atoms in total. The monoisotopic (exact) mass is 513 g/mol. The van der Waals surface area contributed by atoms with Gasteiger partial charge in [-0.1, -0.05) is 0 Å². The van der Waals surface area contributed by atoms with E-state index in [1.165, 1.54) is 13.8 Å². The standard InChI is InChI=1S/C20H35NO14/c1-5-10(24)16(14(28)18(30)31-5)35-20-15(29)17(11(25)6(2)32-20)34-19-9(21-7(3)23)13(27)12(26)8(4-22)33-19/h5-6,8-20,22,24-30H,4H2,1-3H3,(H,21,23)/t5-,6-,8+,9+,10-,11-,12+,13+,14+,15+,16+,17+,18?,19+,20-/m0/s1. The Morgan fingerprint density at radius 1 is 0.743 bits per heavy atom. The van der Waals surface area contributed by atoms with Crippen LogP contribution < -0.4 is 5.32 Å². The molecule has 3 aliphatic rings. The first-order chi connectivity index (χ1) is 16.4. The second kappa shape index (κ2) is 11.6. The van der Waals surface area contributed by atoms with Gasteiger partial charge in [-0.15, -0.1) is 0 Å². The summed E-state index contributed by atoms with van der Waals surface area (Å²) in [7, 11) is 0. The van der Waals surface area contributed by atoms with Gasteiger partial charge >= 0.3 is 0 Å². The van der Waals surface area contributed by atoms with Crippen molar-refractivity contribution in [3.05, 3.63) is 0 Å². The van der Waals surface area contributed by atoms with E-state index in [2.05, 4.69) is 5.32 Å². The Hall–Kier alpha value is -1.05. The fourth-order valence-electron chi connectivity index (χ4n) is 4.34. The van der Waals surface area contributed by atoms with Gasteiger partial charge in [0.25, 0.3) is 0 Å². The van der Waals surface area contributed by atoms with Crippen molar-refractivity contribution in [1.82, 2.24) is 5.32 Å². The molecule has 0 saturated carbocycles. The van der Waals surface area contributed by atoms with Gasteiger partial charge in [-0.05, 0) is 13.8 Å². The highest BCUT2D eigenvalue weighted by Gasteiger charge is 2.52. The number of aliphatic hydroxyl groups excluding tert-OH is 8. The van der Waals surface area contributed by atoms with Gasteiger partial charge in [0.15, 0.2) is 18.9 Å². The molecule has 9 N–H and O–H groups in total. The molecular formula is C20H35NO14. The first-order valence-corrected chi connectivity index (χ1v) is 11.3. The third kappa shape index (κ3) is 5.93. The summed E-state index contributed by atoms with van der Waals surface area (Å²) in [5, 5.41) is 84.4. The van der Waals surface area contributed by atoms with Crippen LogP contribution in [-0.4, -0.2) is 145 Å². The molecule has 15 heteroatoms. The Labute approximate surface area is 200 Å². The van der Waals surface area contributed by atoms with Gasteiger partial charge in [0, 0.05) is 6.92 Å². The molecule has 0 bridgehead atoms. The van der Waals surface area contributed by atoms with Crippen molar-refractivity contribution in [2.75, 3.05) is 6.61 Å². The van der Waals surface area contributed by atoms with Crippen LogP contribution in [-0.2, 0) is 28.5 Å². The largest absolute Gasteiger partial charge is 0.394 e. The van der Waals surface area contributed by atoms with Crippen LogP contribution in [0.4, 0.5) is 0 Å². The fourth-order valence-corrected chi connectivity index (χ4v) is 4.34. The number of aliphatic hydroxyl groups is 8. The maximum Gasteiger partial charge on any atom is 0.217 e. The molecule has 3 aliphatic heterocycles. The molecule has 3 saturated heterocycles. The van der Waals surface area contributed by atoms with Crippen LogP contribution >= 0.6 is 0 Å². The summed E-state index contributed by atoms with van der Waals surface area (Å²) in [6, 6.07) is -1.34. The summed E-state index contributed by atoms with van der Waals surface area (Å²) in [5.41, 5.74) is 0. The van der Waals surface area contributed by atoms with Crippen LogP contribution in [0.25, 0.3) is 0 Å². The van der Waals surface area contributed by atoms with Crippen LogP contribution in [0.5, 0.6) is 0 Å². The fraction of sp³-hybridized carbons (Fsp3) is 0.950. The molecule has 15 atom stereocenters. The van der Waals surface area contributed by atoms with Crippen molar-refractivity contribution in [2.24, 2.45) is 0 Å². The Morgan fingerprint density at radius 2 is 1.29 bits per heavy atom. The number of amides is 1. The zero-order valence-electron chi connectivity index (χ0n) is 19.4. The van der Waals surface area contributed by atoms with E-state index in [1.807, 2.05) is 0 Å². The summed E-state index contributed by atoms with van der Waals surface area (Å²) in [6.07, 6.45) is -20.5. The lowest BCUT2D eigenvalue weighted by molar-refractivity contribution is -0.368. The van der Waals surface area contributed by atoms with Gasteiger partial charge in [0.05, 0.1) is 18.8 Å². The molecular weight excluding hydrogens is 478 g/mol. The third-order valence-electron chi connectivity index (χ3n) is 6.42. The Balaban J connectivity index is 1.80. The zero-order chi connectivity index (χ0) is 26.2. The molecule has 1 amide bonds. The van der Waals surface area contributed by atoms with Gasteiger partial charge < -0.3 is 69.9 Å². The van der Waals surface area contributed by atoms with Crippen LogP contribution in [0.2, 0.25) is 0 Å². The Morgan fingerprint density at radius 3 is 1.86 bits per heavy atom. The van der Waals surface area contributed by atoms with E-state index < -0.39 is 105 Å². The zero-order valence-corrected chi connectivity index (χ0v) is 19.4. The maximum atomic E-state index is 11.6. The highest BCUT2D eigenvalue weighted by Crippen LogP contribution is 2.32. The van der Waals surface area contributed by atoms with E-state index in [-0.39, 0.29) is 0 Å². The first-order valence-electron chi connectivity index (χ1n) is 11.3. The molecule has 0 aromatic rings. The van der Waals surface area contributed by atoms with Crippen LogP contribution in [0.3, 0.4) is 0 Å². The summed E-state index contributed by atoms with van der Waals surface area (Å²) < 4.78 is 27.3. The minimum atomic E-state index is -1.76.